The molecule has 0 N–H and O–H groups in total. The van der Waals surface area contributed by atoms with Crippen molar-refractivity contribution in [2.24, 2.45) is 46.3 Å². The Morgan fingerprint density at radius 3 is 2.19 bits per heavy atom. The van der Waals surface area contributed by atoms with Gasteiger partial charge in [0.05, 0.1) is 11.5 Å². The van der Waals surface area contributed by atoms with Gasteiger partial charge < -0.3 is 4.43 Å². The summed E-state index contributed by atoms with van der Waals surface area (Å²) in [4.78, 5) is 26.9. The standard InChI is InChI=1S/C33H50O3Si/c1-30(2,3)37-36-31(4,5)27-16-15-23-22-13-14-25-28(29(35)21-11-9-8-10-12-21)26(34)18-20-32(25,6)24(22)17-19-33(23,27)7/h8-12,22-25,27-28H,13-20,37H2,1-7H3/t22-,23-,24-,25-,27+,28?,32+,33-/m0/s1. The van der Waals surface area contributed by atoms with Crippen molar-refractivity contribution in [3.05, 3.63) is 35.9 Å². The number of ketones is 2. The lowest BCUT2D eigenvalue weighted by Crippen LogP contribution is -2.58. The van der Waals surface area contributed by atoms with E-state index in [4.69, 9.17) is 4.43 Å². The van der Waals surface area contributed by atoms with Crippen molar-refractivity contribution < 1.29 is 14.0 Å². The van der Waals surface area contributed by atoms with E-state index in [0.717, 1.165) is 24.7 Å². The fraction of sp³-hybridized carbons (Fsp3) is 0.758. The molecule has 0 saturated heterocycles. The van der Waals surface area contributed by atoms with E-state index >= 15 is 0 Å². The van der Waals surface area contributed by atoms with E-state index in [0.29, 0.717) is 34.3 Å². The summed E-state index contributed by atoms with van der Waals surface area (Å²) in [6.07, 6.45) is 8.86. The number of Topliss-reactive ketones (excluding diaryl/α,β-unsaturated/α-hetero) is 2. The van der Waals surface area contributed by atoms with Crippen LogP contribution < -0.4 is 0 Å². The number of hydrogen-bond acceptors (Lipinski definition) is 3. The van der Waals surface area contributed by atoms with Crippen LogP contribution in [-0.2, 0) is 9.22 Å². The monoisotopic (exact) mass is 522 g/mol. The molecule has 0 aliphatic heterocycles. The third kappa shape index (κ3) is 4.62. The van der Waals surface area contributed by atoms with Crippen LogP contribution in [0.4, 0.5) is 0 Å². The van der Waals surface area contributed by atoms with E-state index < -0.39 is 15.7 Å². The van der Waals surface area contributed by atoms with Crippen LogP contribution in [0.25, 0.3) is 0 Å². The van der Waals surface area contributed by atoms with Crippen molar-refractivity contribution in [1.29, 1.82) is 0 Å². The van der Waals surface area contributed by atoms with Gasteiger partial charge in [0.15, 0.2) is 15.5 Å². The number of hydrogen-bond donors (Lipinski definition) is 0. The topological polar surface area (TPSA) is 43.4 Å². The van der Waals surface area contributed by atoms with Crippen LogP contribution in [0.1, 0.15) is 110 Å². The summed E-state index contributed by atoms with van der Waals surface area (Å²) in [5.74, 6) is 2.74. The minimum absolute atomic E-state index is 0.0542. The van der Waals surface area contributed by atoms with E-state index in [1.807, 2.05) is 30.3 Å². The fourth-order valence-corrected chi connectivity index (χ4v) is 10.9. The van der Waals surface area contributed by atoms with Crippen LogP contribution in [0.2, 0.25) is 5.04 Å². The van der Waals surface area contributed by atoms with Gasteiger partial charge in [-0.25, -0.2) is 0 Å². The first-order valence-electron chi connectivity index (χ1n) is 15.0. The average Bonchev–Trinajstić information content (AvgIpc) is 3.21. The number of carbonyl (C=O) groups is 2. The highest BCUT2D eigenvalue weighted by atomic mass is 28.2. The maximum absolute atomic E-state index is 13.7. The number of rotatable bonds is 5. The highest BCUT2D eigenvalue weighted by Crippen LogP contribution is 2.69. The molecule has 4 fully saturated rings. The predicted octanol–water partition coefficient (Wildman–Crippen LogP) is 7.42. The summed E-state index contributed by atoms with van der Waals surface area (Å²) >= 11 is 0. The molecule has 0 amide bonds. The molecule has 1 aromatic carbocycles. The minimum Gasteiger partial charge on any atom is -0.418 e. The van der Waals surface area contributed by atoms with Gasteiger partial charge in [0.2, 0.25) is 0 Å². The second kappa shape index (κ2) is 9.43. The van der Waals surface area contributed by atoms with Crippen LogP contribution in [-0.4, -0.2) is 26.9 Å². The van der Waals surface area contributed by atoms with Gasteiger partial charge in [-0.3, -0.25) is 9.59 Å². The minimum atomic E-state index is -0.601. The molecule has 37 heavy (non-hydrogen) atoms. The second-order valence-corrected chi connectivity index (χ2v) is 18.1. The van der Waals surface area contributed by atoms with E-state index in [-0.39, 0.29) is 28.5 Å². The van der Waals surface area contributed by atoms with E-state index in [1.54, 1.807) is 0 Å². The molecule has 0 aromatic heterocycles. The van der Waals surface area contributed by atoms with Crippen molar-refractivity contribution in [2.45, 2.75) is 110 Å². The molecule has 8 atom stereocenters. The summed E-state index contributed by atoms with van der Waals surface area (Å²) < 4.78 is 6.79. The summed E-state index contributed by atoms with van der Waals surface area (Å²) in [7, 11) is -0.601. The van der Waals surface area contributed by atoms with Gasteiger partial charge >= 0.3 is 0 Å². The maximum atomic E-state index is 13.7. The number of benzene rings is 1. The normalized spacial score (nSPS) is 40.4. The zero-order valence-electron chi connectivity index (χ0n) is 24.4. The lowest BCUT2D eigenvalue weighted by atomic mass is 9.42. The van der Waals surface area contributed by atoms with Gasteiger partial charge in [-0.2, -0.15) is 0 Å². The Hall–Kier alpha value is -1.26. The van der Waals surface area contributed by atoms with Crippen molar-refractivity contribution in [2.75, 3.05) is 0 Å². The molecule has 4 heteroatoms. The molecule has 0 heterocycles. The predicted molar refractivity (Wildman–Crippen MR) is 153 cm³/mol. The Kier molecular flexibility index (Phi) is 6.96. The van der Waals surface area contributed by atoms with Gasteiger partial charge in [-0.15, -0.1) is 0 Å². The fourth-order valence-electron chi connectivity index (χ4n) is 9.93. The molecule has 4 aliphatic rings. The van der Waals surface area contributed by atoms with Gasteiger partial charge in [0, 0.05) is 12.0 Å². The van der Waals surface area contributed by atoms with Crippen molar-refractivity contribution in [3.8, 4) is 0 Å². The maximum Gasteiger partial charge on any atom is 0.173 e. The lowest BCUT2D eigenvalue weighted by Gasteiger charge is -2.62. The van der Waals surface area contributed by atoms with E-state index in [1.165, 1.54) is 32.1 Å². The number of fused-ring (bicyclic) bond motifs is 5. The SMILES string of the molecule is CC(C)(C)[SiH2]OC(C)(C)[C@H]1CC[C@H]2[C@@H]3CC[C@H]4C(C(=O)c5ccccc5)C(=O)CC[C@]4(C)[C@H]3CC[C@]12C. The molecule has 3 nitrogen and oxygen atoms in total. The number of carbonyl (C=O) groups excluding carboxylic acids is 2. The van der Waals surface area contributed by atoms with Crippen molar-refractivity contribution in [3.63, 3.8) is 0 Å². The summed E-state index contributed by atoms with van der Waals surface area (Å²) in [6, 6.07) is 9.57. The molecular formula is C33H50O3Si. The van der Waals surface area contributed by atoms with Crippen LogP contribution in [0.3, 0.4) is 0 Å². The van der Waals surface area contributed by atoms with Gasteiger partial charge in [-0.05, 0) is 104 Å². The molecule has 1 aromatic rings. The highest BCUT2D eigenvalue weighted by molar-refractivity contribution is 6.31. The Morgan fingerprint density at radius 2 is 1.51 bits per heavy atom. The van der Waals surface area contributed by atoms with Gasteiger partial charge in [-0.1, -0.05) is 65.0 Å². The Labute approximate surface area is 227 Å². The lowest BCUT2D eigenvalue weighted by molar-refractivity contribution is -0.151. The van der Waals surface area contributed by atoms with Crippen LogP contribution in [0, 0.1) is 46.3 Å². The van der Waals surface area contributed by atoms with Gasteiger partial charge in [0.25, 0.3) is 0 Å². The molecular weight excluding hydrogens is 472 g/mol. The highest BCUT2D eigenvalue weighted by Gasteiger charge is 2.64. The average molecular weight is 523 g/mol. The van der Waals surface area contributed by atoms with Crippen LogP contribution in [0.5, 0.6) is 0 Å². The second-order valence-electron chi connectivity index (χ2n) is 15.4. The molecule has 1 unspecified atom stereocenters. The first-order chi connectivity index (χ1) is 17.3. The molecule has 4 saturated carbocycles. The first kappa shape index (κ1) is 27.3. The largest absolute Gasteiger partial charge is 0.418 e. The Balaban J connectivity index is 1.38. The zero-order chi connectivity index (χ0) is 26.8. The third-order valence-corrected chi connectivity index (χ3v) is 13.4. The zero-order valence-corrected chi connectivity index (χ0v) is 25.9. The molecule has 5 rings (SSSR count). The summed E-state index contributed by atoms with van der Waals surface area (Å²) in [6.45, 7) is 16.8. The van der Waals surface area contributed by atoms with Crippen molar-refractivity contribution in [1.82, 2.24) is 0 Å². The van der Waals surface area contributed by atoms with Gasteiger partial charge in [0.1, 0.15) is 5.78 Å². The summed E-state index contributed by atoms with van der Waals surface area (Å²) in [5.41, 5.74) is 1.09. The smallest absolute Gasteiger partial charge is 0.173 e. The Morgan fingerprint density at radius 1 is 0.865 bits per heavy atom. The summed E-state index contributed by atoms with van der Waals surface area (Å²) in [5, 5.41) is 0.312. The molecule has 0 bridgehead atoms. The Bertz CT molecular complexity index is 1030. The third-order valence-electron chi connectivity index (χ3n) is 11.7. The molecule has 0 radical (unpaired) electrons. The van der Waals surface area contributed by atoms with E-state index in [9.17, 15) is 9.59 Å². The van der Waals surface area contributed by atoms with Crippen molar-refractivity contribution >= 4 is 21.3 Å². The first-order valence-corrected chi connectivity index (χ1v) is 16.3. The molecule has 4 aliphatic carbocycles. The molecule has 204 valence electrons. The quantitative estimate of drug-likeness (QED) is 0.230. The molecule has 0 spiro atoms. The van der Waals surface area contributed by atoms with Crippen LogP contribution >= 0.6 is 0 Å². The van der Waals surface area contributed by atoms with Crippen LogP contribution in [0.15, 0.2) is 30.3 Å². The van der Waals surface area contributed by atoms with E-state index in [2.05, 4.69) is 48.5 Å².